The Morgan fingerprint density at radius 2 is 2.16 bits per heavy atom. The normalized spacial score (nSPS) is 22.6. The second-order valence-electron chi connectivity index (χ2n) is 4.23. The van der Waals surface area contributed by atoms with Crippen LogP contribution >= 0.6 is 0 Å². The highest BCUT2D eigenvalue weighted by Gasteiger charge is 2.39. The molecule has 6 nitrogen and oxygen atoms in total. The average Bonchev–Trinajstić information content (AvgIpc) is 2.74. The van der Waals surface area contributed by atoms with E-state index in [-0.39, 0.29) is 13.0 Å². The van der Waals surface area contributed by atoms with Gasteiger partial charge in [-0.15, -0.1) is 0 Å². The molecular weight excluding hydrogens is 260 g/mol. The number of aliphatic hydroxyl groups is 1. The summed E-state index contributed by atoms with van der Waals surface area (Å²) in [6, 6.07) is -0.0260. The van der Waals surface area contributed by atoms with E-state index in [1.807, 2.05) is 0 Å². The van der Waals surface area contributed by atoms with Crippen LogP contribution < -0.4 is 5.73 Å². The van der Waals surface area contributed by atoms with Gasteiger partial charge in [0.25, 0.3) is 5.91 Å². The van der Waals surface area contributed by atoms with Gasteiger partial charge in [0.05, 0.1) is 11.7 Å². The summed E-state index contributed by atoms with van der Waals surface area (Å²) in [6.45, 7) is -0.157. The van der Waals surface area contributed by atoms with Crippen molar-refractivity contribution < 1.29 is 23.5 Å². The lowest BCUT2D eigenvalue weighted by molar-refractivity contribution is -0.121. The molecular formula is C11H11F2N3O3. The van der Waals surface area contributed by atoms with Gasteiger partial charge in [-0.05, 0) is 6.07 Å². The summed E-state index contributed by atoms with van der Waals surface area (Å²) < 4.78 is 26.4. The van der Waals surface area contributed by atoms with E-state index in [9.17, 15) is 23.5 Å². The summed E-state index contributed by atoms with van der Waals surface area (Å²) in [4.78, 5) is 27.2. The Hall–Kier alpha value is -2.09. The average molecular weight is 271 g/mol. The number of aromatic nitrogens is 1. The highest BCUT2D eigenvalue weighted by atomic mass is 19.2. The number of hydrogen-bond acceptors (Lipinski definition) is 4. The molecule has 2 rings (SSSR count). The van der Waals surface area contributed by atoms with Gasteiger partial charge in [0.2, 0.25) is 11.9 Å². The van der Waals surface area contributed by atoms with Gasteiger partial charge >= 0.3 is 0 Å². The molecule has 0 aliphatic carbocycles. The maximum Gasteiger partial charge on any atom is 0.257 e. The Labute approximate surface area is 106 Å². The van der Waals surface area contributed by atoms with Gasteiger partial charge < -0.3 is 15.7 Å². The molecule has 2 unspecified atom stereocenters. The number of hydrogen-bond donors (Lipinski definition) is 2. The lowest BCUT2D eigenvalue weighted by Crippen LogP contribution is -2.44. The van der Waals surface area contributed by atoms with Crippen molar-refractivity contribution in [3.05, 3.63) is 29.6 Å². The molecule has 0 saturated carbocycles. The number of carbonyl (C=O) groups is 2. The summed E-state index contributed by atoms with van der Waals surface area (Å²) in [6.07, 6.45) is 0.00409. The number of aliphatic hydroxyl groups excluding tert-OH is 1. The van der Waals surface area contributed by atoms with Crippen LogP contribution in [-0.4, -0.2) is 45.5 Å². The predicted molar refractivity (Wildman–Crippen MR) is 58.8 cm³/mol. The maximum atomic E-state index is 13.5. The fraction of sp³-hybridized carbons (Fsp3) is 0.364. The summed E-state index contributed by atoms with van der Waals surface area (Å²) in [7, 11) is 0. The molecule has 0 spiro atoms. The Balaban J connectivity index is 2.33. The van der Waals surface area contributed by atoms with Gasteiger partial charge in [0, 0.05) is 19.2 Å². The Morgan fingerprint density at radius 3 is 2.79 bits per heavy atom. The number of amides is 2. The summed E-state index contributed by atoms with van der Waals surface area (Å²) >= 11 is 0. The number of pyridine rings is 1. The van der Waals surface area contributed by atoms with Crippen LogP contribution in [0.15, 0.2) is 12.3 Å². The van der Waals surface area contributed by atoms with E-state index >= 15 is 0 Å². The van der Waals surface area contributed by atoms with Crippen LogP contribution in [0.25, 0.3) is 0 Å². The number of nitrogens with two attached hydrogens (primary N) is 1. The molecule has 1 aromatic rings. The number of nitrogens with zero attached hydrogens (tertiary/aromatic N) is 2. The molecule has 19 heavy (non-hydrogen) atoms. The second kappa shape index (κ2) is 4.88. The fourth-order valence-electron chi connectivity index (χ4n) is 2.05. The Kier molecular flexibility index (Phi) is 3.43. The molecule has 8 heteroatoms. The first-order chi connectivity index (χ1) is 8.91. The SMILES string of the molecule is NC(=O)C1CC(O)CN1C(=O)c1ccnc(F)c1F. The van der Waals surface area contributed by atoms with Gasteiger partial charge in [0.15, 0.2) is 5.82 Å². The summed E-state index contributed by atoms with van der Waals surface area (Å²) in [5.74, 6) is -4.50. The molecule has 1 aliphatic heterocycles. The van der Waals surface area contributed by atoms with Crippen LogP contribution in [0.3, 0.4) is 0 Å². The lowest BCUT2D eigenvalue weighted by atomic mass is 10.1. The van der Waals surface area contributed by atoms with Crippen LogP contribution in [0.5, 0.6) is 0 Å². The highest BCUT2D eigenvalue weighted by molar-refractivity contribution is 5.97. The third-order valence-electron chi connectivity index (χ3n) is 2.95. The molecule has 2 heterocycles. The van der Waals surface area contributed by atoms with E-state index in [0.717, 1.165) is 17.2 Å². The summed E-state index contributed by atoms with van der Waals surface area (Å²) in [5, 5.41) is 9.46. The van der Waals surface area contributed by atoms with Crippen molar-refractivity contribution in [1.82, 2.24) is 9.88 Å². The van der Waals surface area contributed by atoms with Crippen molar-refractivity contribution in [2.45, 2.75) is 18.6 Å². The van der Waals surface area contributed by atoms with Gasteiger partial charge in [-0.2, -0.15) is 4.39 Å². The van der Waals surface area contributed by atoms with Crippen molar-refractivity contribution in [2.24, 2.45) is 5.73 Å². The predicted octanol–water partition coefficient (Wildman–Crippen LogP) is -0.579. The molecule has 0 aromatic carbocycles. The number of primary amides is 1. The van der Waals surface area contributed by atoms with Crippen molar-refractivity contribution >= 4 is 11.8 Å². The van der Waals surface area contributed by atoms with Crippen molar-refractivity contribution in [1.29, 1.82) is 0 Å². The van der Waals surface area contributed by atoms with Crippen molar-refractivity contribution in [3.63, 3.8) is 0 Å². The monoisotopic (exact) mass is 271 g/mol. The molecule has 102 valence electrons. The molecule has 1 saturated heterocycles. The Morgan fingerprint density at radius 1 is 1.47 bits per heavy atom. The van der Waals surface area contributed by atoms with Crippen LogP contribution in [0.1, 0.15) is 16.8 Å². The lowest BCUT2D eigenvalue weighted by Gasteiger charge is -2.21. The van der Waals surface area contributed by atoms with E-state index in [1.54, 1.807) is 0 Å². The van der Waals surface area contributed by atoms with Gasteiger partial charge in [-0.3, -0.25) is 9.59 Å². The molecule has 1 aromatic heterocycles. The molecule has 2 atom stereocenters. The molecule has 3 N–H and O–H groups in total. The highest BCUT2D eigenvalue weighted by Crippen LogP contribution is 2.21. The minimum absolute atomic E-state index is 0.0176. The minimum atomic E-state index is -1.40. The third-order valence-corrected chi connectivity index (χ3v) is 2.95. The topological polar surface area (TPSA) is 96.5 Å². The zero-order valence-corrected chi connectivity index (χ0v) is 9.72. The minimum Gasteiger partial charge on any atom is -0.391 e. The standard InChI is InChI=1S/C11H11F2N3O3/c12-8-6(1-2-15-9(8)13)11(19)16-4-5(17)3-7(16)10(14)18/h1-2,5,7,17H,3-4H2,(H2,14,18). The van der Waals surface area contributed by atoms with Gasteiger partial charge in [-0.1, -0.05) is 0 Å². The van der Waals surface area contributed by atoms with E-state index in [4.69, 9.17) is 5.73 Å². The first-order valence-electron chi connectivity index (χ1n) is 5.50. The van der Waals surface area contributed by atoms with Crippen LogP contribution in [0.4, 0.5) is 8.78 Å². The molecule has 2 amide bonds. The van der Waals surface area contributed by atoms with Crippen LogP contribution in [0, 0.1) is 11.8 Å². The van der Waals surface area contributed by atoms with Gasteiger partial charge in [-0.25, -0.2) is 9.37 Å². The van der Waals surface area contributed by atoms with Crippen molar-refractivity contribution in [3.8, 4) is 0 Å². The van der Waals surface area contributed by atoms with E-state index in [0.29, 0.717) is 0 Å². The summed E-state index contributed by atoms with van der Waals surface area (Å²) in [5.41, 5.74) is 4.56. The van der Waals surface area contributed by atoms with E-state index < -0.39 is 41.3 Å². The Bertz CT molecular complexity index is 538. The zero-order chi connectivity index (χ0) is 14.2. The fourth-order valence-corrected chi connectivity index (χ4v) is 2.05. The molecule has 0 radical (unpaired) electrons. The van der Waals surface area contributed by atoms with Crippen molar-refractivity contribution in [2.75, 3.05) is 6.54 Å². The largest absolute Gasteiger partial charge is 0.391 e. The number of likely N-dealkylation sites (tertiary alicyclic amines) is 1. The van der Waals surface area contributed by atoms with E-state index in [2.05, 4.69) is 4.98 Å². The number of carbonyl (C=O) groups excluding carboxylic acids is 2. The number of rotatable bonds is 2. The molecule has 1 fully saturated rings. The van der Waals surface area contributed by atoms with E-state index in [1.165, 1.54) is 0 Å². The quantitative estimate of drug-likeness (QED) is 0.703. The van der Waals surface area contributed by atoms with Crippen LogP contribution in [-0.2, 0) is 4.79 Å². The maximum absolute atomic E-state index is 13.5. The first kappa shape index (κ1) is 13.3. The smallest absolute Gasteiger partial charge is 0.257 e. The second-order valence-corrected chi connectivity index (χ2v) is 4.23. The zero-order valence-electron chi connectivity index (χ0n) is 9.72. The van der Waals surface area contributed by atoms with Gasteiger partial charge in [0.1, 0.15) is 6.04 Å². The number of halogens is 2. The van der Waals surface area contributed by atoms with Crippen LogP contribution in [0.2, 0.25) is 0 Å². The molecule has 1 aliphatic rings. The number of β-amino-alcohol motifs (C(OH)–C–C–N with tert-alkyl or cyclic N) is 1. The molecule has 0 bridgehead atoms. The first-order valence-corrected chi connectivity index (χ1v) is 5.50. The third kappa shape index (κ3) is 2.39.